The summed E-state index contributed by atoms with van der Waals surface area (Å²) in [6, 6.07) is 1.94. The number of halogens is 3. The van der Waals surface area contributed by atoms with Gasteiger partial charge in [0.2, 0.25) is 0 Å². The molecule has 0 fully saturated rings. The van der Waals surface area contributed by atoms with Gasteiger partial charge in [-0.2, -0.15) is 13.2 Å². The first-order valence-electron chi connectivity index (χ1n) is 3.64. The van der Waals surface area contributed by atoms with Gasteiger partial charge in [-0.15, -0.1) is 0 Å². The van der Waals surface area contributed by atoms with Gasteiger partial charge in [0.1, 0.15) is 5.75 Å². The Morgan fingerprint density at radius 2 is 2.00 bits per heavy atom. The number of hydrogen-bond donors (Lipinski definition) is 0. The Hall–Kier alpha value is -1.35. The van der Waals surface area contributed by atoms with E-state index in [1.165, 1.54) is 13.2 Å². The highest BCUT2D eigenvalue weighted by Gasteiger charge is 2.40. The molecule has 0 bridgehead atoms. The summed E-state index contributed by atoms with van der Waals surface area (Å²) in [7, 11) is 1.42. The molecule has 1 aromatic rings. The van der Waals surface area contributed by atoms with Gasteiger partial charge in [0.25, 0.3) is 5.56 Å². The lowest BCUT2D eigenvalue weighted by Gasteiger charge is -2.07. The first kappa shape index (κ1) is 14.6. The molecule has 0 radical (unpaired) electrons. The fourth-order valence-corrected chi connectivity index (χ4v) is 1.09. The highest BCUT2D eigenvalue weighted by atomic mass is 32.2. The Labute approximate surface area is 90.4 Å². The lowest BCUT2D eigenvalue weighted by atomic mass is 10.4. The van der Waals surface area contributed by atoms with E-state index in [2.05, 4.69) is 4.18 Å². The summed E-state index contributed by atoms with van der Waals surface area (Å²) < 4.78 is 51.1. The maximum atomic E-state index is 11.8. The van der Waals surface area contributed by atoms with Crippen molar-refractivity contribution in [3.05, 3.63) is 28.7 Å². The summed E-state index contributed by atoms with van der Waals surface area (Å²) in [5, 5.41) is 0. The van der Waals surface area contributed by atoms with Crippen LogP contribution in [0.2, 0.25) is 0 Å². The topological polar surface area (TPSA) is 79.8 Å². The zero-order valence-corrected chi connectivity index (χ0v) is 8.76. The van der Waals surface area contributed by atoms with E-state index in [9.17, 15) is 22.2 Å². The van der Waals surface area contributed by atoms with Crippen LogP contribution < -0.4 is 9.74 Å². The Morgan fingerprint density at radius 3 is 2.44 bits per heavy atom. The second-order valence-corrected chi connectivity index (χ2v) is 3.67. The third-order valence-corrected chi connectivity index (χ3v) is 2.16. The van der Waals surface area contributed by atoms with Gasteiger partial charge in [0, 0.05) is 19.3 Å². The third-order valence-electron chi connectivity index (χ3n) is 1.44. The maximum absolute atomic E-state index is 11.8. The van der Waals surface area contributed by atoms with Crippen LogP contribution in [0.15, 0.2) is 23.1 Å². The SMILES string of the molecule is Cn1ccc(OS(=O)C(F)(F)F)cc1=O.O. The molecule has 1 heterocycles. The van der Waals surface area contributed by atoms with E-state index in [0.717, 1.165) is 16.7 Å². The Balaban J connectivity index is 0.00000225. The van der Waals surface area contributed by atoms with E-state index in [-0.39, 0.29) is 11.2 Å². The molecule has 5 nitrogen and oxygen atoms in total. The van der Waals surface area contributed by atoms with Gasteiger partial charge in [-0.1, -0.05) is 0 Å². The van der Waals surface area contributed by atoms with E-state index >= 15 is 0 Å². The van der Waals surface area contributed by atoms with Crippen molar-refractivity contribution in [3.8, 4) is 5.75 Å². The average molecular weight is 259 g/mol. The summed E-state index contributed by atoms with van der Waals surface area (Å²) in [6.07, 6.45) is 1.21. The zero-order valence-electron chi connectivity index (χ0n) is 7.95. The van der Waals surface area contributed by atoms with Gasteiger partial charge in [-0.25, -0.2) is 4.21 Å². The Morgan fingerprint density at radius 1 is 1.44 bits per heavy atom. The monoisotopic (exact) mass is 259 g/mol. The molecule has 2 N–H and O–H groups in total. The normalized spacial score (nSPS) is 12.8. The summed E-state index contributed by atoms with van der Waals surface area (Å²) in [6.45, 7) is 0. The molecule has 16 heavy (non-hydrogen) atoms. The molecule has 1 atom stereocenters. The fourth-order valence-electron chi connectivity index (χ4n) is 0.717. The van der Waals surface area contributed by atoms with Crippen LogP contribution in [0.1, 0.15) is 0 Å². The van der Waals surface area contributed by atoms with E-state index in [0.29, 0.717) is 0 Å². The lowest BCUT2D eigenvalue weighted by molar-refractivity contribution is -0.0437. The molecule has 0 saturated carbocycles. The molecule has 0 aliphatic carbocycles. The van der Waals surface area contributed by atoms with Gasteiger partial charge >= 0.3 is 16.6 Å². The molecule has 1 aromatic heterocycles. The van der Waals surface area contributed by atoms with Gasteiger partial charge in [0.15, 0.2) is 0 Å². The number of pyridine rings is 1. The van der Waals surface area contributed by atoms with E-state index in [1.807, 2.05) is 0 Å². The van der Waals surface area contributed by atoms with Crippen molar-refractivity contribution in [1.29, 1.82) is 0 Å². The molecule has 1 unspecified atom stereocenters. The molecule has 0 aliphatic rings. The van der Waals surface area contributed by atoms with Gasteiger partial charge < -0.3 is 14.2 Å². The molecular weight excluding hydrogens is 251 g/mol. The fraction of sp³-hybridized carbons (Fsp3) is 0.286. The molecule has 0 aromatic carbocycles. The van der Waals surface area contributed by atoms with Crippen LogP contribution in [0.3, 0.4) is 0 Å². The Kier molecular flexibility index (Phi) is 4.69. The largest absolute Gasteiger partial charge is 0.508 e. The second kappa shape index (κ2) is 5.12. The third kappa shape index (κ3) is 3.66. The molecule has 9 heteroatoms. The van der Waals surface area contributed by atoms with Crippen molar-refractivity contribution >= 4 is 11.1 Å². The molecule has 0 aliphatic heterocycles. The van der Waals surface area contributed by atoms with Crippen LogP contribution in [0.25, 0.3) is 0 Å². The molecule has 0 amide bonds. The quantitative estimate of drug-likeness (QED) is 0.756. The average Bonchev–Trinajstić information content (AvgIpc) is 2.10. The number of aromatic nitrogens is 1. The standard InChI is InChI=1S/C7H6F3NO3S.H2O/c1-11-3-2-5(4-6(11)12)14-15(13)7(8,9)10;/h2-4H,1H3;1H2. The summed E-state index contributed by atoms with van der Waals surface area (Å²) in [5.41, 5.74) is -5.51. The van der Waals surface area contributed by atoms with E-state index < -0.39 is 22.1 Å². The van der Waals surface area contributed by atoms with Crippen molar-refractivity contribution in [2.24, 2.45) is 7.05 Å². The van der Waals surface area contributed by atoms with E-state index in [4.69, 9.17) is 0 Å². The number of aryl methyl sites for hydroxylation is 1. The smallest absolute Gasteiger partial charge is 0.412 e. The summed E-state index contributed by atoms with van der Waals surface area (Å²) in [4.78, 5) is 11.0. The minimum atomic E-state index is -4.96. The minimum absolute atomic E-state index is 0. The van der Waals surface area contributed by atoms with E-state index in [1.54, 1.807) is 0 Å². The highest BCUT2D eigenvalue weighted by molar-refractivity contribution is 7.81. The molecule has 92 valence electrons. The Bertz CT molecular complexity index is 442. The first-order valence-corrected chi connectivity index (χ1v) is 4.72. The van der Waals surface area contributed by atoms with Gasteiger partial charge in [-0.3, -0.25) is 4.79 Å². The predicted molar refractivity (Wildman–Crippen MR) is 50.1 cm³/mol. The number of hydrogen-bond acceptors (Lipinski definition) is 3. The molecular formula is C7H8F3NO4S. The van der Waals surface area contributed by atoms with Gasteiger partial charge in [0.05, 0.1) is 0 Å². The molecule has 0 saturated heterocycles. The highest BCUT2D eigenvalue weighted by Crippen LogP contribution is 2.22. The van der Waals surface area contributed by atoms with Crippen LogP contribution in [0.4, 0.5) is 13.2 Å². The summed E-state index contributed by atoms with van der Waals surface area (Å²) >= 11 is -3.45. The maximum Gasteiger partial charge on any atom is 0.508 e. The van der Waals surface area contributed by atoms with Crippen molar-refractivity contribution in [1.82, 2.24) is 4.57 Å². The van der Waals surface area contributed by atoms with Crippen LogP contribution in [-0.4, -0.2) is 19.8 Å². The first-order chi connectivity index (χ1) is 6.80. The van der Waals surface area contributed by atoms with Gasteiger partial charge in [-0.05, 0) is 6.07 Å². The lowest BCUT2D eigenvalue weighted by Crippen LogP contribution is -2.22. The minimum Gasteiger partial charge on any atom is -0.412 e. The van der Waals surface area contributed by atoms with Crippen molar-refractivity contribution in [3.63, 3.8) is 0 Å². The predicted octanol–water partition coefficient (Wildman–Crippen LogP) is 0.123. The summed E-state index contributed by atoms with van der Waals surface area (Å²) in [5.74, 6) is -0.381. The van der Waals surface area contributed by atoms with Crippen molar-refractivity contribution in [2.75, 3.05) is 0 Å². The number of nitrogens with zero attached hydrogens (tertiary/aromatic N) is 1. The number of rotatable bonds is 2. The molecule has 0 spiro atoms. The van der Waals surface area contributed by atoms with Crippen molar-refractivity contribution in [2.45, 2.75) is 5.51 Å². The second-order valence-electron chi connectivity index (χ2n) is 2.58. The van der Waals surface area contributed by atoms with Crippen LogP contribution in [0, 0.1) is 0 Å². The van der Waals surface area contributed by atoms with Crippen LogP contribution in [0.5, 0.6) is 5.75 Å². The number of alkyl halides is 3. The zero-order chi connectivity index (χ0) is 11.6. The van der Waals surface area contributed by atoms with Crippen LogP contribution >= 0.6 is 0 Å². The van der Waals surface area contributed by atoms with Crippen LogP contribution in [-0.2, 0) is 18.1 Å². The molecule has 1 rings (SSSR count). The van der Waals surface area contributed by atoms with Crippen molar-refractivity contribution < 1.29 is 27.0 Å².